The van der Waals surface area contributed by atoms with Gasteiger partial charge in [0.1, 0.15) is 5.60 Å². The fourth-order valence-electron chi connectivity index (χ4n) is 5.01. The first-order valence-electron chi connectivity index (χ1n) is 11.0. The Morgan fingerprint density at radius 1 is 1.33 bits per heavy atom. The maximum absolute atomic E-state index is 12.7. The van der Waals surface area contributed by atoms with Crippen LogP contribution in [-0.2, 0) is 4.74 Å². The summed E-state index contributed by atoms with van der Waals surface area (Å²) in [4.78, 5) is 26.3. The molecule has 3 aliphatic heterocycles. The van der Waals surface area contributed by atoms with Crippen molar-refractivity contribution in [3.63, 3.8) is 0 Å². The van der Waals surface area contributed by atoms with Gasteiger partial charge in [0.15, 0.2) is 5.13 Å². The lowest BCUT2D eigenvalue weighted by molar-refractivity contribution is -0.0389. The number of hydrogen-bond donors (Lipinski definition) is 1. The van der Waals surface area contributed by atoms with E-state index >= 15 is 0 Å². The van der Waals surface area contributed by atoms with Crippen molar-refractivity contribution in [2.24, 2.45) is 10.9 Å². The minimum absolute atomic E-state index is 0.120. The normalized spacial score (nSPS) is 26.9. The molecule has 1 N–H and O–H groups in total. The monoisotopic (exact) mass is 427 g/mol. The summed E-state index contributed by atoms with van der Waals surface area (Å²) in [6.45, 7) is 6.67. The number of anilines is 1. The second-order valence-corrected chi connectivity index (χ2v) is 9.78. The third kappa shape index (κ3) is 3.56. The molecule has 2 unspecified atom stereocenters. The first-order valence-corrected chi connectivity index (χ1v) is 11.8. The first kappa shape index (κ1) is 19.8. The van der Waals surface area contributed by atoms with E-state index in [9.17, 15) is 4.79 Å². The number of aromatic nitrogens is 1. The van der Waals surface area contributed by atoms with Crippen molar-refractivity contribution >= 4 is 38.6 Å². The number of amides is 1. The van der Waals surface area contributed by atoms with Crippen molar-refractivity contribution in [3.05, 3.63) is 23.8 Å². The van der Waals surface area contributed by atoms with Gasteiger partial charge < -0.3 is 14.5 Å². The molecule has 2 fully saturated rings. The largest absolute Gasteiger partial charge is 0.455 e. The zero-order chi connectivity index (χ0) is 20.7. The average molecular weight is 428 g/mol. The number of aliphatic imine (C=N–C) groups is 1. The highest BCUT2D eigenvalue weighted by Crippen LogP contribution is 2.37. The van der Waals surface area contributed by atoms with Gasteiger partial charge in [-0.05, 0) is 57.5 Å². The highest BCUT2D eigenvalue weighted by atomic mass is 32.1. The molecule has 7 nitrogen and oxygen atoms in total. The molecule has 1 aromatic heterocycles. The van der Waals surface area contributed by atoms with Crippen LogP contribution in [0.5, 0.6) is 0 Å². The lowest BCUT2D eigenvalue weighted by atomic mass is 9.79. The van der Waals surface area contributed by atoms with Crippen molar-refractivity contribution in [1.29, 1.82) is 0 Å². The van der Waals surface area contributed by atoms with Crippen LogP contribution in [0.4, 0.5) is 5.13 Å². The van der Waals surface area contributed by atoms with E-state index in [1.807, 2.05) is 23.1 Å². The highest BCUT2D eigenvalue weighted by Gasteiger charge is 2.47. The molecule has 3 aliphatic rings. The van der Waals surface area contributed by atoms with Gasteiger partial charge in [0.25, 0.3) is 11.9 Å². The minimum atomic E-state index is -0.226. The van der Waals surface area contributed by atoms with Crippen molar-refractivity contribution in [2.75, 3.05) is 45.1 Å². The molecule has 5 rings (SSSR count). The van der Waals surface area contributed by atoms with E-state index in [0.717, 1.165) is 72.8 Å². The summed E-state index contributed by atoms with van der Waals surface area (Å²) < 4.78 is 7.40. The number of ether oxygens (including phenoxy) is 1. The summed E-state index contributed by atoms with van der Waals surface area (Å²) >= 11 is 1.54. The van der Waals surface area contributed by atoms with Gasteiger partial charge in [-0.1, -0.05) is 18.3 Å². The summed E-state index contributed by atoms with van der Waals surface area (Å²) in [6, 6.07) is 6.34. The van der Waals surface area contributed by atoms with Gasteiger partial charge in [0.05, 0.1) is 16.8 Å². The molecule has 4 heterocycles. The van der Waals surface area contributed by atoms with Gasteiger partial charge in [-0.3, -0.25) is 10.1 Å². The molecule has 1 amide bonds. The standard InChI is InChI=1S/C22H29N5O2S/c1-3-16-8-11-26(2)14-22(16)13-23-20(29-22)25-21-24-17-7-6-15(12-18(17)30-21)19(28)27-9-4-5-10-27/h6-7,12,16H,3-5,8-11,13-14H2,1-2H3,(H,23,24,25). The van der Waals surface area contributed by atoms with E-state index in [4.69, 9.17) is 4.74 Å². The van der Waals surface area contributed by atoms with Crippen molar-refractivity contribution < 1.29 is 9.53 Å². The van der Waals surface area contributed by atoms with Gasteiger partial charge >= 0.3 is 0 Å². The van der Waals surface area contributed by atoms with E-state index in [0.29, 0.717) is 18.5 Å². The molecule has 2 atom stereocenters. The number of rotatable bonds is 3. The van der Waals surface area contributed by atoms with Crippen LogP contribution < -0.4 is 5.32 Å². The summed E-state index contributed by atoms with van der Waals surface area (Å²) in [5.41, 5.74) is 1.40. The molecule has 2 aromatic rings. The molecule has 160 valence electrons. The number of hydrogen-bond acceptors (Lipinski definition) is 7. The number of thiazole rings is 1. The van der Waals surface area contributed by atoms with Gasteiger partial charge in [0, 0.05) is 31.1 Å². The second-order valence-electron chi connectivity index (χ2n) is 8.75. The molecule has 2 saturated heterocycles. The van der Waals surface area contributed by atoms with Crippen molar-refractivity contribution in [3.8, 4) is 0 Å². The van der Waals surface area contributed by atoms with Crippen molar-refractivity contribution in [1.82, 2.24) is 14.8 Å². The third-order valence-corrected chi connectivity index (χ3v) is 7.60. The highest BCUT2D eigenvalue weighted by molar-refractivity contribution is 7.22. The molecule has 0 aliphatic carbocycles. The Balaban J connectivity index is 1.30. The lowest BCUT2D eigenvalue weighted by Crippen LogP contribution is -2.55. The zero-order valence-corrected chi connectivity index (χ0v) is 18.5. The topological polar surface area (TPSA) is 70.1 Å². The maximum atomic E-state index is 12.7. The minimum Gasteiger partial charge on any atom is -0.455 e. The van der Waals surface area contributed by atoms with Crippen LogP contribution in [0.2, 0.25) is 0 Å². The molecule has 1 aromatic carbocycles. The molecule has 0 radical (unpaired) electrons. The third-order valence-electron chi connectivity index (χ3n) is 6.67. The van der Waals surface area contributed by atoms with Crippen LogP contribution in [0.25, 0.3) is 10.2 Å². The predicted molar refractivity (Wildman–Crippen MR) is 120 cm³/mol. The number of carbonyl (C=O) groups excluding carboxylic acids is 1. The number of benzene rings is 1. The first-order chi connectivity index (χ1) is 14.6. The summed E-state index contributed by atoms with van der Waals surface area (Å²) in [6.07, 6.45) is 4.44. The zero-order valence-electron chi connectivity index (χ0n) is 17.7. The van der Waals surface area contributed by atoms with E-state index in [2.05, 4.69) is 34.2 Å². The molecular weight excluding hydrogens is 398 g/mol. The fraction of sp³-hybridized carbons (Fsp3) is 0.591. The Morgan fingerprint density at radius 2 is 2.17 bits per heavy atom. The van der Waals surface area contributed by atoms with E-state index in [1.165, 1.54) is 11.3 Å². The molecule has 1 spiro atoms. The summed E-state index contributed by atoms with van der Waals surface area (Å²) in [7, 11) is 2.15. The number of carbonyl (C=O) groups is 1. The second kappa shape index (κ2) is 7.81. The van der Waals surface area contributed by atoms with Crippen molar-refractivity contribution in [2.45, 2.75) is 38.2 Å². The Kier molecular flexibility index (Phi) is 5.14. The number of piperidine rings is 1. The number of likely N-dealkylation sites (tertiary alicyclic amines) is 2. The van der Waals surface area contributed by atoms with Crippen LogP contribution in [0, 0.1) is 5.92 Å². The molecular formula is C22H29N5O2S. The lowest BCUT2D eigenvalue weighted by Gasteiger charge is -2.43. The predicted octanol–water partition coefficient (Wildman–Crippen LogP) is 3.43. The molecule has 30 heavy (non-hydrogen) atoms. The van der Waals surface area contributed by atoms with Gasteiger partial charge in [0.2, 0.25) is 0 Å². The molecule has 0 saturated carbocycles. The molecule has 8 heteroatoms. The smallest absolute Gasteiger partial charge is 0.291 e. The Morgan fingerprint density at radius 3 is 2.97 bits per heavy atom. The van der Waals surface area contributed by atoms with E-state index in [-0.39, 0.29) is 11.5 Å². The number of nitrogens with zero attached hydrogens (tertiary/aromatic N) is 4. The summed E-state index contributed by atoms with van der Waals surface area (Å²) in [5, 5.41) is 4.04. The van der Waals surface area contributed by atoms with Crippen LogP contribution in [0.1, 0.15) is 43.0 Å². The van der Waals surface area contributed by atoms with Gasteiger partial charge in [-0.15, -0.1) is 0 Å². The number of nitrogens with one attached hydrogen (secondary N) is 1. The maximum Gasteiger partial charge on any atom is 0.291 e. The van der Waals surface area contributed by atoms with Crippen LogP contribution in [0.3, 0.4) is 0 Å². The Labute approximate surface area is 181 Å². The quantitative estimate of drug-likeness (QED) is 0.813. The number of amidine groups is 1. The van der Waals surface area contributed by atoms with Crippen LogP contribution in [0.15, 0.2) is 23.2 Å². The number of likely N-dealkylation sites (N-methyl/N-ethyl adjacent to an activating group) is 1. The average Bonchev–Trinajstić information content (AvgIpc) is 3.47. The van der Waals surface area contributed by atoms with Gasteiger partial charge in [-0.2, -0.15) is 0 Å². The molecule has 0 bridgehead atoms. The Bertz CT molecular complexity index is 983. The fourth-order valence-corrected chi connectivity index (χ4v) is 5.90. The Hall–Kier alpha value is -2.19. The van der Waals surface area contributed by atoms with Crippen LogP contribution in [-0.4, -0.2) is 72.1 Å². The van der Waals surface area contributed by atoms with Crippen LogP contribution >= 0.6 is 11.3 Å². The summed E-state index contributed by atoms with van der Waals surface area (Å²) in [5.74, 6) is 0.640. The van der Waals surface area contributed by atoms with E-state index in [1.54, 1.807) is 0 Å². The SMILES string of the molecule is CCC1CCN(C)CC12CN=C(Nc1nc3ccc(C(=O)N4CCCC4)cc3s1)O2. The van der Waals surface area contributed by atoms with Gasteiger partial charge in [-0.25, -0.2) is 9.98 Å². The number of fused-ring (bicyclic) bond motifs is 1. The van der Waals surface area contributed by atoms with E-state index < -0.39 is 0 Å².